The Morgan fingerprint density at radius 3 is 2.26 bits per heavy atom. The van der Waals surface area contributed by atoms with Crippen LogP contribution >= 0.6 is 0 Å². The summed E-state index contributed by atoms with van der Waals surface area (Å²) < 4.78 is 39.2. The van der Waals surface area contributed by atoms with E-state index in [1.807, 2.05) is 0 Å². The number of hydrogen-bond acceptors (Lipinski definition) is 2. The Morgan fingerprint density at radius 1 is 1.16 bits per heavy atom. The number of rotatable bonds is 3. The number of likely N-dealkylation sites (tertiary alicyclic amines) is 1. The Balaban J connectivity index is 2.69. The number of hydrogen-bond donors (Lipinski definition) is 1. The van der Waals surface area contributed by atoms with Crippen LogP contribution in [-0.2, 0) is 0 Å². The van der Waals surface area contributed by atoms with Crippen LogP contribution in [0, 0.1) is 11.3 Å². The van der Waals surface area contributed by atoms with Gasteiger partial charge in [-0.25, -0.2) is 0 Å². The van der Waals surface area contributed by atoms with Gasteiger partial charge in [0.2, 0.25) is 0 Å². The van der Waals surface area contributed by atoms with Gasteiger partial charge >= 0.3 is 6.18 Å². The van der Waals surface area contributed by atoms with Crippen LogP contribution in [0.1, 0.15) is 46.5 Å². The second kappa shape index (κ2) is 6.44. The van der Waals surface area contributed by atoms with Crippen LogP contribution in [0.2, 0.25) is 0 Å². The molecule has 0 spiro atoms. The zero-order valence-electron chi connectivity index (χ0n) is 12.3. The molecule has 2 N–H and O–H groups in total. The number of nitrogens with two attached hydrogens (primary N) is 1. The molecular weight excluding hydrogens is 253 g/mol. The molecule has 2 unspecified atom stereocenters. The van der Waals surface area contributed by atoms with E-state index in [0.717, 1.165) is 19.3 Å². The summed E-state index contributed by atoms with van der Waals surface area (Å²) in [5, 5.41) is 0. The lowest BCUT2D eigenvalue weighted by atomic mass is 9.77. The average Bonchev–Trinajstić information content (AvgIpc) is 2.48. The molecule has 2 atom stereocenters. The molecule has 114 valence electrons. The molecule has 0 aromatic carbocycles. The third-order valence-electron chi connectivity index (χ3n) is 4.25. The molecular formula is C14H27F3N2. The van der Waals surface area contributed by atoms with E-state index >= 15 is 0 Å². The highest BCUT2D eigenvalue weighted by Gasteiger charge is 2.43. The minimum atomic E-state index is -4.17. The SMILES string of the molecule is CC(C)(C)C1CCCN(C(CCN)C(F)(F)F)CC1. The largest absolute Gasteiger partial charge is 0.404 e. The highest BCUT2D eigenvalue weighted by Crippen LogP contribution is 2.36. The third kappa shape index (κ3) is 4.95. The van der Waals surface area contributed by atoms with Gasteiger partial charge in [-0.2, -0.15) is 13.2 Å². The van der Waals surface area contributed by atoms with Gasteiger partial charge in [-0.3, -0.25) is 4.90 Å². The van der Waals surface area contributed by atoms with Gasteiger partial charge in [0.05, 0.1) is 0 Å². The first-order valence-corrected chi connectivity index (χ1v) is 7.17. The van der Waals surface area contributed by atoms with E-state index in [9.17, 15) is 13.2 Å². The van der Waals surface area contributed by atoms with Crippen LogP contribution in [-0.4, -0.2) is 36.8 Å². The van der Waals surface area contributed by atoms with E-state index in [4.69, 9.17) is 5.73 Å². The number of halogens is 3. The molecule has 0 bridgehead atoms. The van der Waals surface area contributed by atoms with Gasteiger partial charge in [-0.15, -0.1) is 0 Å². The van der Waals surface area contributed by atoms with Crippen LogP contribution in [0.4, 0.5) is 13.2 Å². The van der Waals surface area contributed by atoms with E-state index in [0.29, 0.717) is 19.0 Å². The van der Waals surface area contributed by atoms with E-state index in [1.165, 1.54) is 0 Å². The van der Waals surface area contributed by atoms with Crippen molar-refractivity contribution in [3.8, 4) is 0 Å². The van der Waals surface area contributed by atoms with Crippen LogP contribution in [0.25, 0.3) is 0 Å². The van der Waals surface area contributed by atoms with E-state index in [1.54, 1.807) is 4.90 Å². The second-order valence-corrected chi connectivity index (χ2v) is 6.66. The number of alkyl halides is 3. The first-order chi connectivity index (χ1) is 8.66. The summed E-state index contributed by atoms with van der Waals surface area (Å²) in [6.45, 7) is 7.68. The van der Waals surface area contributed by atoms with Crippen molar-refractivity contribution in [2.45, 2.75) is 58.7 Å². The molecule has 0 aromatic rings. The van der Waals surface area contributed by atoms with Crippen molar-refractivity contribution in [3.63, 3.8) is 0 Å². The molecule has 0 aromatic heterocycles. The molecule has 1 saturated heterocycles. The second-order valence-electron chi connectivity index (χ2n) is 6.66. The maximum absolute atomic E-state index is 13.1. The quantitative estimate of drug-likeness (QED) is 0.858. The fourth-order valence-corrected chi connectivity index (χ4v) is 3.01. The molecule has 1 rings (SSSR count). The van der Waals surface area contributed by atoms with Gasteiger partial charge in [-0.05, 0) is 56.7 Å². The molecule has 1 aliphatic heterocycles. The first-order valence-electron chi connectivity index (χ1n) is 7.17. The Bertz CT molecular complexity index is 271. The predicted octanol–water partition coefficient (Wildman–Crippen LogP) is 3.41. The predicted molar refractivity (Wildman–Crippen MR) is 71.9 cm³/mol. The highest BCUT2D eigenvalue weighted by molar-refractivity contribution is 4.84. The third-order valence-corrected chi connectivity index (χ3v) is 4.25. The fraction of sp³-hybridized carbons (Fsp3) is 1.00. The number of nitrogens with zero attached hydrogens (tertiary/aromatic N) is 1. The highest BCUT2D eigenvalue weighted by atomic mass is 19.4. The van der Waals surface area contributed by atoms with Crippen LogP contribution in [0.5, 0.6) is 0 Å². The van der Waals surface area contributed by atoms with Crippen LogP contribution in [0.3, 0.4) is 0 Å². The molecule has 1 aliphatic rings. The Kier molecular flexibility index (Phi) is 5.68. The Morgan fingerprint density at radius 2 is 1.79 bits per heavy atom. The van der Waals surface area contributed by atoms with Crippen molar-refractivity contribution >= 4 is 0 Å². The smallest absolute Gasteiger partial charge is 0.330 e. The molecule has 0 saturated carbocycles. The molecule has 5 heteroatoms. The monoisotopic (exact) mass is 280 g/mol. The topological polar surface area (TPSA) is 29.3 Å². The maximum Gasteiger partial charge on any atom is 0.404 e. The minimum Gasteiger partial charge on any atom is -0.330 e. The fourth-order valence-electron chi connectivity index (χ4n) is 3.01. The zero-order chi connectivity index (χ0) is 14.7. The minimum absolute atomic E-state index is 0.00366. The summed E-state index contributed by atoms with van der Waals surface area (Å²) in [7, 11) is 0. The molecule has 1 fully saturated rings. The summed E-state index contributed by atoms with van der Waals surface area (Å²) >= 11 is 0. The molecule has 1 heterocycles. The zero-order valence-corrected chi connectivity index (χ0v) is 12.3. The molecule has 0 aliphatic carbocycles. The van der Waals surface area contributed by atoms with E-state index in [2.05, 4.69) is 20.8 Å². The average molecular weight is 280 g/mol. The van der Waals surface area contributed by atoms with Crippen LogP contribution in [0.15, 0.2) is 0 Å². The summed E-state index contributed by atoms with van der Waals surface area (Å²) in [4.78, 5) is 1.60. The summed E-state index contributed by atoms with van der Waals surface area (Å²) in [6.07, 6.45) is -1.45. The van der Waals surface area contributed by atoms with E-state index in [-0.39, 0.29) is 18.4 Å². The standard InChI is InChI=1S/C14H27F3N2/c1-13(2,3)11-5-4-9-19(10-7-11)12(6-8-18)14(15,16)17/h11-12H,4-10,18H2,1-3H3. The van der Waals surface area contributed by atoms with E-state index < -0.39 is 12.2 Å². The Hall–Kier alpha value is -0.290. The van der Waals surface area contributed by atoms with Gasteiger partial charge in [0.25, 0.3) is 0 Å². The van der Waals surface area contributed by atoms with Gasteiger partial charge in [-0.1, -0.05) is 20.8 Å². The lowest BCUT2D eigenvalue weighted by Gasteiger charge is -2.33. The van der Waals surface area contributed by atoms with Gasteiger partial charge in [0, 0.05) is 0 Å². The summed E-state index contributed by atoms with van der Waals surface area (Å²) in [6, 6.07) is -1.36. The first kappa shape index (κ1) is 16.8. The Labute approximate surface area is 114 Å². The van der Waals surface area contributed by atoms with Gasteiger partial charge in [0.1, 0.15) is 6.04 Å². The lowest BCUT2D eigenvalue weighted by Crippen LogP contribution is -2.47. The van der Waals surface area contributed by atoms with Crippen molar-refractivity contribution in [1.82, 2.24) is 4.90 Å². The van der Waals surface area contributed by atoms with Gasteiger partial charge < -0.3 is 5.73 Å². The van der Waals surface area contributed by atoms with Gasteiger partial charge in [0.15, 0.2) is 0 Å². The molecule has 19 heavy (non-hydrogen) atoms. The van der Waals surface area contributed by atoms with Crippen molar-refractivity contribution in [1.29, 1.82) is 0 Å². The van der Waals surface area contributed by atoms with Crippen molar-refractivity contribution in [2.75, 3.05) is 19.6 Å². The maximum atomic E-state index is 13.1. The molecule has 0 amide bonds. The van der Waals surface area contributed by atoms with Crippen molar-refractivity contribution in [2.24, 2.45) is 17.1 Å². The molecule has 2 nitrogen and oxygen atoms in total. The normalized spacial score (nSPS) is 25.1. The summed E-state index contributed by atoms with van der Waals surface area (Å²) in [5.41, 5.74) is 5.52. The van der Waals surface area contributed by atoms with Crippen LogP contribution < -0.4 is 5.73 Å². The molecule has 0 radical (unpaired) electrons. The van der Waals surface area contributed by atoms with Crippen molar-refractivity contribution in [3.05, 3.63) is 0 Å². The van der Waals surface area contributed by atoms with Crippen molar-refractivity contribution < 1.29 is 13.2 Å². The lowest BCUT2D eigenvalue weighted by molar-refractivity contribution is -0.185. The summed E-state index contributed by atoms with van der Waals surface area (Å²) in [5.74, 6) is 0.504.